The van der Waals surface area contributed by atoms with E-state index in [1.165, 1.54) is 23.8 Å². The van der Waals surface area contributed by atoms with Gasteiger partial charge < -0.3 is 10.6 Å². The molecule has 0 aliphatic carbocycles. The summed E-state index contributed by atoms with van der Waals surface area (Å²) in [5, 5.41) is 16.6. The molecule has 2 rings (SSSR count). The highest BCUT2D eigenvalue weighted by molar-refractivity contribution is 5.96. The van der Waals surface area contributed by atoms with E-state index in [4.69, 9.17) is 0 Å². The molecule has 2 aromatic carbocycles. The molecule has 0 fully saturated rings. The molecule has 0 heterocycles. The first kappa shape index (κ1) is 18.4. The largest absolute Gasteiger partial charge is 0.374 e. The Morgan fingerprint density at radius 3 is 2.28 bits per heavy atom. The number of carbonyl (C=O) groups excluding carboxylic acids is 1. The zero-order chi connectivity index (χ0) is 18.6. The third kappa shape index (κ3) is 5.04. The second kappa shape index (κ2) is 7.34. The average molecular weight is 341 g/mol. The van der Waals surface area contributed by atoms with E-state index in [0.29, 0.717) is 5.69 Å². The van der Waals surface area contributed by atoms with E-state index < -0.39 is 11.0 Å². The highest BCUT2D eigenvalue weighted by Crippen LogP contribution is 2.24. The van der Waals surface area contributed by atoms with E-state index in [1.807, 2.05) is 24.3 Å². The predicted octanol–water partition coefficient (Wildman–Crippen LogP) is 4.33. The fourth-order valence-electron chi connectivity index (χ4n) is 2.33. The molecule has 1 atom stereocenters. The Labute approximate surface area is 147 Å². The molecule has 25 heavy (non-hydrogen) atoms. The highest BCUT2D eigenvalue weighted by Gasteiger charge is 2.16. The van der Waals surface area contributed by atoms with Gasteiger partial charge in [0.05, 0.1) is 4.92 Å². The molecule has 0 aromatic heterocycles. The van der Waals surface area contributed by atoms with E-state index in [2.05, 4.69) is 31.4 Å². The van der Waals surface area contributed by atoms with E-state index in [1.54, 1.807) is 13.0 Å². The summed E-state index contributed by atoms with van der Waals surface area (Å²) < 4.78 is 0. The molecule has 0 saturated heterocycles. The number of nitrogens with zero attached hydrogens (tertiary/aromatic N) is 1. The molecule has 6 nitrogen and oxygen atoms in total. The Hall–Kier alpha value is -2.89. The van der Waals surface area contributed by atoms with E-state index in [9.17, 15) is 14.9 Å². The predicted molar refractivity (Wildman–Crippen MR) is 100.0 cm³/mol. The molecular formula is C19H23N3O3. The number of rotatable bonds is 5. The third-order valence-corrected chi connectivity index (χ3v) is 3.85. The Bertz CT molecular complexity index is 764. The lowest BCUT2D eigenvalue weighted by Gasteiger charge is -2.20. The molecule has 1 unspecified atom stereocenters. The maximum Gasteiger partial charge on any atom is 0.271 e. The van der Waals surface area contributed by atoms with Crippen LogP contribution in [0.1, 0.15) is 33.3 Å². The first-order valence-electron chi connectivity index (χ1n) is 8.09. The smallest absolute Gasteiger partial charge is 0.271 e. The molecule has 0 aliphatic rings. The summed E-state index contributed by atoms with van der Waals surface area (Å²) in [6.45, 7) is 8.17. The summed E-state index contributed by atoms with van der Waals surface area (Å²) in [5.74, 6) is -0.264. The maximum atomic E-state index is 12.3. The van der Waals surface area contributed by atoms with Gasteiger partial charge in [-0.15, -0.1) is 0 Å². The lowest BCUT2D eigenvalue weighted by atomic mass is 9.87. The van der Waals surface area contributed by atoms with Crippen molar-refractivity contribution in [3.05, 3.63) is 64.2 Å². The van der Waals surface area contributed by atoms with Crippen molar-refractivity contribution in [2.24, 2.45) is 0 Å². The first-order valence-corrected chi connectivity index (χ1v) is 8.09. The Morgan fingerprint density at radius 2 is 1.72 bits per heavy atom. The zero-order valence-corrected chi connectivity index (χ0v) is 14.9. The van der Waals surface area contributed by atoms with Crippen molar-refractivity contribution in [1.29, 1.82) is 0 Å². The lowest BCUT2D eigenvalue weighted by molar-refractivity contribution is -0.384. The summed E-state index contributed by atoms with van der Waals surface area (Å²) in [7, 11) is 0. The summed E-state index contributed by atoms with van der Waals surface area (Å²) in [5.41, 5.74) is 2.47. The molecule has 0 spiro atoms. The Kier molecular flexibility index (Phi) is 5.41. The van der Waals surface area contributed by atoms with Crippen LogP contribution in [-0.4, -0.2) is 16.9 Å². The number of anilines is 2. The summed E-state index contributed by atoms with van der Waals surface area (Å²) >= 11 is 0. The van der Waals surface area contributed by atoms with E-state index >= 15 is 0 Å². The lowest BCUT2D eigenvalue weighted by Crippen LogP contribution is -2.31. The number of hydrogen-bond donors (Lipinski definition) is 2. The molecule has 132 valence electrons. The van der Waals surface area contributed by atoms with Crippen LogP contribution in [0.5, 0.6) is 0 Å². The van der Waals surface area contributed by atoms with Gasteiger partial charge in [0.2, 0.25) is 5.91 Å². The van der Waals surface area contributed by atoms with Crippen LogP contribution in [0.4, 0.5) is 17.1 Å². The fraction of sp³-hybridized carbons (Fsp3) is 0.316. The van der Waals surface area contributed by atoms with Crippen molar-refractivity contribution < 1.29 is 9.72 Å². The van der Waals surface area contributed by atoms with Gasteiger partial charge in [0.1, 0.15) is 6.04 Å². The molecular weight excluding hydrogens is 318 g/mol. The minimum Gasteiger partial charge on any atom is -0.374 e. The van der Waals surface area contributed by atoms with E-state index in [-0.39, 0.29) is 17.0 Å². The van der Waals surface area contributed by atoms with Crippen molar-refractivity contribution in [3.8, 4) is 0 Å². The van der Waals surface area contributed by atoms with Crippen LogP contribution in [0.2, 0.25) is 0 Å². The number of nitrogens with one attached hydrogen (secondary N) is 2. The number of carbonyl (C=O) groups is 1. The number of benzene rings is 2. The summed E-state index contributed by atoms with van der Waals surface area (Å²) in [6, 6.07) is 13.3. The van der Waals surface area contributed by atoms with Gasteiger partial charge in [-0.1, -0.05) is 39.0 Å². The second-order valence-electron chi connectivity index (χ2n) is 6.99. The molecule has 0 saturated carbocycles. The van der Waals surface area contributed by atoms with Gasteiger partial charge >= 0.3 is 0 Å². The van der Waals surface area contributed by atoms with Gasteiger partial charge in [0, 0.05) is 23.5 Å². The Morgan fingerprint density at radius 1 is 1.08 bits per heavy atom. The van der Waals surface area contributed by atoms with Crippen LogP contribution < -0.4 is 10.6 Å². The van der Waals surface area contributed by atoms with Gasteiger partial charge in [0.15, 0.2) is 0 Å². The van der Waals surface area contributed by atoms with Gasteiger partial charge in [-0.2, -0.15) is 0 Å². The molecule has 0 radical (unpaired) electrons. The molecule has 0 bridgehead atoms. The van der Waals surface area contributed by atoms with Crippen molar-refractivity contribution in [3.63, 3.8) is 0 Å². The SMILES string of the molecule is CC(Nc1ccc(C(C)(C)C)cc1)C(=O)Nc1cccc([N+](=O)[O-])c1. The highest BCUT2D eigenvalue weighted by atomic mass is 16.6. The first-order chi connectivity index (χ1) is 11.7. The topological polar surface area (TPSA) is 84.3 Å². The van der Waals surface area contributed by atoms with Crippen molar-refractivity contribution >= 4 is 23.0 Å². The summed E-state index contributed by atoms with van der Waals surface area (Å²) in [6.07, 6.45) is 0. The molecule has 2 N–H and O–H groups in total. The minimum absolute atomic E-state index is 0.0591. The van der Waals surface area contributed by atoms with Crippen LogP contribution in [0.25, 0.3) is 0 Å². The van der Waals surface area contributed by atoms with Crippen molar-refractivity contribution in [1.82, 2.24) is 0 Å². The van der Waals surface area contributed by atoms with Crippen LogP contribution >= 0.6 is 0 Å². The third-order valence-electron chi connectivity index (χ3n) is 3.85. The van der Waals surface area contributed by atoms with Crippen molar-refractivity contribution in [2.45, 2.75) is 39.2 Å². The molecule has 1 amide bonds. The zero-order valence-electron chi connectivity index (χ0n) is 14.9. The minimum atomic E-state index is -0.492. The average Bonchev–Trinajstić information content (AvgIpc) is 2.54. The van der Waals surface area contributed by atoms with Gasteiger partial charge in [-0.25, -0.2) is 0 Å². The molecule has 6 heteroatoms. The fourth-order valence-corrected chi connectivity index (χ4v) is 2.33. The molecule has 0 aliphatic heterocycles. The van der Waals surface area contributed by atoms with Crippen LogP contribution in [-0.2, 0) is 10.2 Å². The Balaban J connectivity index is 2.00. The number of hydrogen-bond acceptors (Lipinski definition) is 4. The van der Waals surface area contributed by atoms with Crippen LogP contribution in [0, 0.1) is 10.1 Å². The monoisotopic (exact) mass is 341 g/mol. The standard InChI is InChI=1S/C19H23N3O3/c1-13(20-15-10-8-14(9-11-15)19(2,3)4)18(23)21-16-6-5-7-17(12-16)22(24)25/h5-13,20H,1-4H3,(H,21,23). The number of nitro benzene ring substituents is 1. The normalized spacial score (nSPS) is 12.3. The van der Waals surface area contributed by atoms with Gasteiger partial charge in [-0.3, -0.25) is 14.9 Å². The van der Waals surface area contributed by atoms with Gasteiger partial charge in [0.25, 0.3) is 5.69 Å². The second-order valence-corrected chi connectivity index (χ2v) is 6.99. The number of nitro groups is 1. The number of non-ortho nitro benzene ring substituents is 1. The van der Waals surface area contributed by atoms with Crippen LogP contribution in [0.3, 0.4) is 0 Å². The maximum absolute atomic E-state index is 12.3. The van der Waals surface area contributed by atoms with E-state index in [0.717, 1.165) is 5.69 Å². The quantitative estimate of drug-likeness (QED) is 0.626. The number of amides is 1. The van der Waals surface area contributed by atoms with Crippen LogP contribution in [0.15, 0.2) is 48.5 Å². The van der Waals surface area contributed by atoms with Gasteiger partial charge in [-0.05, 0) is 36.1 Å². The van der Waals surface area contributed by atoms with Crippen molar-refractivity contribution in [2.75, 3.05) is 10.6 Å². The molecule has 2 aromatic rings. The summed E-state index contributed by atoms with van der Waals surface area (Å²) in [4.78, 5) is 22.6.